The molecule has 0 unspecified atom stereocenters. The molecule has 0 radical (unpaired) electrons. The van der Waals surface area contributed by atoms with Crippen molar-refractivity contribution in [2.45, 2.75) is 51.4 Å². The lowest BCUT2D eigenvalue weighted by atomic mass is 9.94. The van der Waals surface area contributed by atoms with E-state index in [1.54, 1.807) is 30.6 Å². The number of pyridine rings is 1. The third-order valence-electron chi connectivity index (χ3n) is 6.03. The molecule has 1 N–H and O–H groups in total. The summed E-state index contributed by atoms with van der Waals surface area (Å²) in [7, 11) is 0. The van der Waals surface area contributed by atoms with E-state index < -0.39 is 5.79 Å². The van der Waals surface area contributed by atoms with E-state index in [9.17, 15) is 4.79 Å². The van der Waals surface area contributed by atoms with Crippen molar-refractivity contribution < 1.29 is 23.7 Å². The smallest absolute Gasteiger partial charge is 0.255 e. The number of amides is 1. The second kappa shape index (κ2) is 9.63. The van der Waals surface area contributed by atoms with Gasteiger partial charge < -0.3 is 24.3 Å². The van der Waals surface area contributed by atoms with Gasteiger partial charge in [-0.1, -0.05) is 12.5 Å². The van der Waals surface area contributed by atoms with Crippen LogP contribution in [0.5, 0.6) is 23.0 Å². The third-order valence-corrected chi connectivity index (χ3v) is 6.03. The maximum Gasteiger partial charge on any atom is 0.255 e. The van der Waals surface area contributed by atoms with Crippen molar-refractivity contribution in [3.05, 3.63) is 72.1 Å². The van der Waals surface area contributed by atoms with Crippen molar-refractivity contribution in [3.8, 4) is 23.0 Å². The van der Waals surface area contributed by atoms with E-state index in [4.69, 9.17) is 18.9 Å². The number of nitrogens with one attached hydrogen (secondary N) is 1. The molecule has 1 aliphatic heterocycles. The van der Waals surface area contributed by atoms with Gasteiger partial charge in [-0.15, -0.1) is 0 Å². The van der Waals surface area contributed by atoms with E-state index in [1.807, 2.05) is 37.3 Å². The standard InChI is InChI=1S/C27H28N2O5/c1-2-31-24-15-20(8-10-22(24)32-18-19-7-6-14-28-17-19)26(30)29-21-9-11-23-25(16-21)34-27(33-23)12-4-3-5-13-27/h6-11,14-17H,2-5,12-13,18H2,1H3,(H,29,30). The molecule has 7 heteroatoms. The molecule has 176 valence electrons. The zero-order valence-electron chi connectivity index (χ0n) is 19.2. The molecule has 1 aliphatic carbocycles. The van der Waals surface area contributed by atoms with Crippen LogP contribution < -0.4 is 24.3 Å². The molecule has 7 nitrogen and oxygen atoms in total. The molecule has 3 aromatic rings. The van der Waals surface area contributed by atoms with Crippen LogP contribution in [0.2, 0.25) is 0 Å². The summed E-state index contributed by atoms with van der Waals surface area (Å²) in [6.45, 7) is 2.71. The normalized spacial score (nSPS) is 15.7. The Morgan fingerprint density at radius 1 is 1.00 bits per heavy atom. The van der Waals surface area contributed by atoms with Crippen LogP contribution in [0.3, 0.4) is 0 Å². The van der Waals surface area contributed by atoms with Crippen LogP contribution in [0.4, 0.5) is 5.69 Å². The molecular weight excluding hydrogens is 432 g/mol. The fraction of sp³-hybridized carbons (Fsp3) is 0.333. The molecule has 5 rings (SSSR count). The summed E-state index contributed by atoms with van der Waals surface area (Å²) < 4.78 is 23.9. The lowest BCUT2D eigenvalue weighted by molar-refractivity contribution is -0.105. The second-order valence-electron chi connectivity index (χ2n) is 8.54. The fourth-order valence-electron chi connectivity index (χ4n) is 4.35. The van der Waals surface area contributed by atoms with Gasteiger partial charge in [0.25, 0.3) is 11.7 Å². The number of aromatic nitrogens is 1. The summed E-state index contributed by atoms with van der Waals surface area (Å²) in [5, 5.41) is 2.95. The van der Waals surface area contributed by atoms with E-state index in [1.165, 1.54) is 6.42 Å². The zero-order valence-corrected chi connectivity index (χ0v) is 19.2. The highest BCUT2D eigenvalue weighted by Crippen LogP contribution is 2.46. The van der Waals surface area contributed by atoms with Gasteiger partial charge in [-0.2, -0.15) is 0 Å². The van der Waals surface area contributed by atoms with Crippen LogP contribution in [-0.4, -0.2) is 23.3 Å². The number of benzene rings is 2. The van der Waals surface area contributed by atoms with Gasteiger partial charge in [-0.05, 0) is 56.2 Å². The van der Waals surface area contributed by atoms with Gasteiger partial charge in [0.1, 0.15) is 6.61 Å². The van der Waals surface area contributed by atoms with Gasteiger partial charge >= 0.3 is 0 Å². The quantitative estimate of drug-likeness (QED) is 0.484. The fourth-order valence-corrected chi connectivity index (χ4v) is 4.35. The van der Waals surface area contributed by atoms with E-state index in [2.05, 4.69) is 10.3 Å². The molecule has 34 heavy (non-hydrogen) atoms. The first-order chi connectivity index (χ1) is 16.6. The van der Waals surface area contributed by atoms with E-state index in [0.717, 1.165) is 37.0 Å². The minimum atomic E-state index is -0.540. The first-order valence-corrected chi connectivity index (χ1v) is 11.8. The summed E-state index contributed by atoms with van der Waals surface area (Å²) in [5.41, 5.74) is 2.07. The number of carbonyl (C=O) groups is 1. The molecule has 0 atom stereocenters. The molecule has 1 saturated carbocycles. The maximum atomic E-state index is 13.0. The molecule has 2 heterocycles. The van der Waals surface area contributed by atoms with Crippen LogP contribution in [0.1, 0.15) is 54.9 Å². The average molecular weight is 461 g/mol. The number of hydrogen-bond donors (Lipinski definition) is 1. The predicted octanol–water partition coefficient (Wildman–Crippen LogP) is 5.74. The Morgan fingerprint density at radius 2 is 1.85 bits per heavy atom. The monoisotopic (exact) mass is 460 g/mol. The third kappa shape index (κ3) is 4.78. The molecule has 1 fully saturated rings. The second-order valence-corrected chi connectivity index (χ2v) is 8.54. The first kappa shape index (κ1) is 22.1. The number of anilines is 1. The van der Waals surface area contributed by atoms with Crippen molar-refractivity contribution in [3.63, 3.8) is 0 Å². The highest BCUT2D eigenvalue weighted by atomic mass is 16.7. The number of fused-ring (bicyclic) bond motifs is 1. The highest BCUT2D eigenvalue weighted by molar-refractivity contribution is 6.04. The van der Waals surface area contributed by atoms with Crippen LogP contribution >= 0.6 is 0 Å². The number of carbonyl (C=O) groups excluding carboxylic acids is 1. The molecule has 1 spiro atoms. The lowest BCUT2D eigenvalue weighted by Gasteiger charge is -2.31. The summed E-state index contributed by atoms with van der Waals surface area (Å²) in [4.78, 5) is 17.1. The Bertz CT molecular complexity index is 1160. The predicted molar refractivity (Wildman–Crippen MR) is 128 cm³/mol. The number of nitrogens with zero attached hydrogens (tertiary/aromatic N) is 1. The largest absolute Gasteiger partial charge is 0.490 e. The molecular formula is C27H28N2O5. The lowest BCUT2D eigenvalue weighted by Crippen LogP contribution is -2.40. The molecule has 2 aromatic carbocycles. The Hall–Kier alpha value is -3.74. The maximum absolute atomic E-state index is 13.0. The molecule has 1 aromatic heterocycles. The van der Waals surface area contributed by atoms with Crippen LogP contribution in [0.15, 0.2) is 60.9 Å². The summed E-state index contributed by atoms with van der Waals surface area (Å²) in [6.07, 6.45) is 8.66. The van der Waals surface area contributed by atoms with Crippen molar-refractivity contribution >= 4 is 11.6 Å². The van der Waals surface area contributed by atoms with Crippen LogP contribution in [0, 0.1) is 0 Å². The van der Waals surface area contributed by atoms with Gasteiger partial charge in [-0.3, -0.25) is 9.78 Å². The van der Waals surface area contributed by atoms with E-state index in [-0.39, 0.29) is 5.91 Å². The molecule has 0 bridgehead atoms. The Balaban J connectivity index is 1.27. The number of hydrogen-bond acceptors (Lipinski definition) is 6. The van der Waals surface area contributed by atoms with Crippen LogP contribution in [-0.2, 0) is 6.61 Å². The van der Waals surface area contributed by atoms with Crippen LogP contribution in [0.25, 0.3) is 0 Å². The van der Waals surface area contributed by atoms with E-state index in [0.29, 0.717) is 41.7 Å². The Morgan fingerprint density at radius 3 is 2.65 bits per heavy atom. The van der Waals surface area contributed by atoms with Gasteiger partial charge in [0.2, 0.25) is 0 Å². The molecule has 0 saturated heterocycles. The van der Waals surface area contributed by atoms with Gasteiger partial charge in [-0.25, -0.2) is 0 Å². The molecule has 1 amide bonds. The van der Waals surface area contributed by atoms with Crippen molar-refractivity contribution in [2.75, 3.05) is 11.9 Å². The SMILES string of the molecule is CCOc1cc(C(=O)Nc2ccc3c(c2)OC2(CCCCC2)O3)ccc1OCc1cccnc1. The first-order valence-electron chi connectivity index (χ1n) is 11.8. The summed E-state index contributed by atoms with van der Waals surface area (Å²) >= 11 is 0. The minimum Gasteiger partial charge on any atom is -0.490 e. The summed E-state index contributed by atoms with van der Waals surface area (Å²) in [6, 6.07) is 14.5. The Labute approximate surface area is 199 Å². The Kier molecular flexibility index (Phi) is 6.25. The molecule has 2 aliphatic rings. The van der Waals surface area contributed by atoms with Crippen molar-refractivity contribution in [1.29, 1.82) is 0 Å². The average Bonchev–Trinajstić information content (AvgIpc) is 3.20. The van der Waals surface area contributed by atoms with Gasteiger partial charge in [0.05, 0.1) is 6.61 Å². The number of rotatable bonds is 7. The summed E-state index contributed by atoms with van der Waals surface area (Å²) in [5.74, 6) is 1.71. The zero-order chi connectivity index (χ0) is 23.4. The van der Waals surface area contributed by atoms with Crippen molar-refractivity contribution in [1.82, 2.24) is 4.98 Å². The highest BCUT2D eigenvalue weighted by Gasteiger charge is 2.42. The van der Waals surface area contributed by atoms with Gasteiger partial charge in [0, 0.05) is 48.1 Å². The minimum absolute atomic E-state index is 0.244. The topological polar surface area (TPSA) is 78.9 Å². The van der Waals surface area contributed by atoms with E-state index >= 15 is 0 Å². The van der Waals surface area contributed by atoms with Gasteiger partial charge in [0.15, 0.2) is 23.0 Å². The number of ether oxygens (including phenoxy) is 4. The van der Waals surface area contributed by atoms with Crippen molar-refractivity contribution in [2.24, 2.45) is 0 Å².